The maximum absolute atomic E-state index is 3.86. The van der Waals surface area contributed by atoms with Crippen molar-refractivity contribution in [3.63, 3.8) is 0 Å². The Morgan fingerprint density at radius 2 is 2.08 bits per heavy atom. The molecule has 2 aliphatic rings. The number of halogens is 1. The minimum absolute atomic E-state index is 0.721. The van der Waals surface area contributed by atoms with Crippen molar-refractivity contribution in [1.29, 1.82) is 0 Å². The van der Waals surface area contributed by atoms with Crippen LogP contribution in [0.5, 0.6) is 0 Å². The van der Waals surface area contributed by atoms with Crippen molar-refractivity contribution < 1.29 is 0 Å². The van der Waals surface area contributed by atoms with Crippen molar-refractivity contribution in [3.8, 4) is 0 Å². The molecule has 0 saturated heterocycles. The number of hydrogen-bond donors (Lipinski definition) is 0. The van der Waals surface area contributed by atoms with Gasteiger partial charge in [-0.05, 0) is 30.6 Å². The van der Waals surface area contributed by atoms with Crippen molar-refractivity contribution in [2.24, 2.45) is 17.8 Å². The summed E-state index contributed by atoms with van der Waals surface area (Å²) in [6.45, 7) is 2.29. The molecule has 0 aromatic carbocycles. The highest BCUT2D eigenvalue weighted by Crippen LogP contribution is 2.45. The summed E-state index contributed by atoms with van der Waals surface area (Å²) in [6.07, 6.45) is 13.2. The van der Waals surface area contributed by atoms with Crippen molar-refractivity contribution in [2.75, 3.05) is 0 Å². The minimum atomic E-state index is 0.721. The van der Waals surface area contributed by atoms with Crippen molar-refractivity contribution in [1.82, 2.24) is 0 Å². The largest absolute Gasteiger partial charge is 0.0881 e. The molecule has 0 aromatic heterocycles. The Bertz CT molecular complexity index is 229. The van der Waals surface area contributed by atoms with Crippen LogP contribution in [0.2, 0.25) is 0 Å². The fraction of sp³-hybridized carbons (Fsp3) is 0.667. The molecule has 0 radical (unpaired) electrons. The van der Waals surface area contributed by atoms with E-state index in [9.17, 15) is 0 Å². The van der Waals surface area contributed by atoms with Crippen LogP contribution in [0.3, 0.4) is 0 Å². The van der Waals surface area contributed by atoms with Gasteiger partial charge in [0.05, 0.1) is 0 Å². The van der Waals surface area contributed by atoms with Crippen LogP contribution < -0.4 is 0 Å². The van der Waals surface area contributed by atoms with Gasteiger partial charge >= 0.3 is 0 Å². The third-order valence-electron chi connectivity index (χ3n) is 3.35. The van der Waals surface area contributed by atoms with E-state index >= 15 is 0 Å². The third-order valence-corrected chi connectivity index (χ3v) is 4.71. The Morgan fingerprint density at radius 3 is 2.77 bits per heavy atom. The second kappa shape index (κ2) is 4.00. The van der Waals surface area contributed by atoms with Crippen molar-refractivity contribution in [3.05, 3.63) is 24.3 Å². The summed E-state index contributed by atoms with van der Waals surface area (Å²) in [4.78, 5) is 0.721. The molecule has 0 N–H and O–H groups in total. The molecule has 0 amide bonds. The minimum Gasteiger partial charge on any atom is -0.0881 e. The summed E-state index contributed by atoms with van der Waals surface area (Å²) in [5.74, 6) is 2.47. The zero-order chi connectivity index (χ0) is 9.26. The molecule has 0 nitrogen and oxygen atoms in total. The molecule has 0 heterocycles. The van der Waals surface area contributed by atoms with Gasteiger partial charge in [-0.1, -0.05) is 53.6 Å². The van der Waals surface area contributed by atoms with E-state index < -0.39 is 0 Å². The smallest absolute Gasteiger partial charge is 0.0242 e. The number of fused-ring (bicyclic) bond motifs is 1. The molecular weight excluding hydrogens is 224 g/mol. The van der Waals surface area contributed by atoms with Gasteiger partial charge in [0.25, 0.3) is 0 Å². The molecule has 13 heavy (non-hydrogen) atoms. The van der Waals surface area contributed by atoms with E-state index in [2.05, 4.69) is 47.2 Å². The summed E-state index contributed by atoms with van der Waals surface area (Å²) >= 11 is 3.86. The molecular formula is C12H17Br. The van der Waals surface area contributed by atoms with Crippen LogP contribution in [0, 0.1) is 17.8 Å². The van der Waals surface area contributed by atoms with Gasteiger partial charge in [-0.25, -0.2) is 0 Å². The summed E-state index contributed by atoms with van der Waals surface area (Å²) in [5, 5.41) is 0. The van der Waals surface area contributed by atoms with Gasteiger partial charge in [-0.15, -0.1) is 0 Å². The Labute approximate surface area is 89.2 Å². The first-order valence-corrected chi connectivity index (χ1v) is 6.23. The van der Waals surface area contributed by atoms with E-state index in [0.717, 1.165) is 22.6 Å². The molecule has 0 spiro atoms. The van der Waals surface area contributed by atoms with Gasteiger partial charge < -0.3 is 0 Å². The zero-order valence-corrected chi connectivity index (χ0v) is 9.70. The highest BCUT2D eigenvalue weighted by molar-refractivity contribution is 9.09. The lowest BCUT2D eigenvalue weighted by atomic mass is 9.92. The Balaban J connectivity index is 2.06. The summed E-state index contributed by atoms with van der Waals surface area (Å²) in [5.41, 5.74) is 0. The molecule has 2 aliphatic carbocycles. The van der Waals surface area contributed by atoms with E-state index in [1.54, 1.807) is 0 Å². The van der Waals surface area contributed by atoms with Gasteiger partial charge in [0, 0.05) is 4.83 Å². The summed E-state index contributed by atoms with van der Waals surface area (Å²) in [6, 6.07) is 0. The predicted octanol–water partition coefficient (Wildman–Crippen LogP) is 3.93. The van der Waals surface area contributed by atoms with Crippen LogP contribution in [0.4, 0.5) is 0 Å². The lowest BCUT2D eigenvalue weighted by Gasteiger charge is -2.18. The molecule has 0 aromatic rings. The third kappa shape index (κ3) is 1.76. The fourth-order valence-electron chi connectivity index (χ4n) is 2.69. The molecule has 0 bridgehead atoms. The monoisotopic (exact) mass is 240 g/mol. The molecule has 72 valence electrons. The van der Waals surface area contributed by atoms with Crippen LogP contribution >= 0.6 is 15.9 Å². The zero-order valence-electron chi connectivity index (χ0n) is 8.12. The first-order valence-electron chi connectivity index (χ1n) is 5.32. The molecule has 2 rings (SSSR count). The van der Waals surface area contributed by atoms with Gasteiger partial charge in [0.1, 0.15) is 0 Å². The van der Waals surface area contributed by atoms with Crippen LogP contribution in [0.1, 0.15) is 26.2 Å². The molecule has 1 saturated carbocycles. The van der Waals surface area contributed by atoms with Crippen LogP contribution in [-0.2, 0) is 0 Å². The Morgan fingerprint density at radius 1 is 1.31 bits per heavy atom. The molecule has 4 atom stereocenters. The standard InChI is InChI=1S/C12H17Br/c1-2-5-10-8-9-6-3-4-7-11(9)12(10)13/h3-4,6-7,9-12H,2,5,8H2,1H3. The molecule has 1 fully saturated rings. The van der Waals surface area contributed by atoms with E-state index in [4.69, 9.17) is 0 Å². The lowest BCUT2D eigenvalue weighted by molar-refractivity contribution is 0.495. The van der Waals surface area contributed by atoms with Crippen molar-refractivity contribution in [2.45, 2.75) is 31.0 Å². The number of rotatable bonds is 2. The van der Waals surface area contributed by atoms with Gasteiger partial charge in [0.15, 0.2) is 0 Å². The van der Waals surface area contributed by atoms with Gasteiger partial charge in [-0.2, -0.15) is 0 Å². The summed E-state index contributed by atoms with van der Waals surface area (Å²) in [7, 11) is 0. The Kier molecular flexibility index (Phi) is 2.92. The normalized spacial score (nSPS) is 42.3. The van der Waals surface area contributed by atoms with E-state index in [-0.39, 0.29) is 0 Å². The maximum Gasteiger partial charge on any atom is 0.0242 e. The summed E-state index contributed by atoms with van der Waals surface area (Å²) < 4.78 is 0. The van der Waals surface area contributed by atoms with Crippen LogP contribution in [0.25, 0.3) is 0 Å². The predicted molar refractivity (Wildman–Crippen MR) is 61.0 cm³/mol. The number of hydrogen-bond acceptors (Lipinski definition) is 0. The fourth-order valence-corrected chi connectivity index (χ4v) is 3.74. The van der Waals surface area contributed by atoms with E-state index in [1.807, 2.05) is 0 Å². The average Bonchev–Trinajstić information content (AvgIpc) is 2.46. The second-order valence-electron chi connectivity index (χ2n) is 4.24. The highest BCUT2D eigenvalue weighted by Gasteiger charge is 2.38. The van der Waals surface area contributed by atoms with Crippen LogP contribution in [0.15, 0.2) is 24.3 Å². The van der Waals surface area contributed by atoms with E-state index in [1.165, 1.54) is 19.3 Å². The Hall–Kier alpha value is -0.0400. The molecule has 1 heteroatoms. The number of allylic oxidation sites excluding steroid dienone is 4. The second-order valence-corrected chi connectivity index (χ2v) is 5.30. The first kappa shape index (κ1) is 9.51. The average molecular weight is 241 g/mol. The van der Waals surface area contributed by atoms with Crippen LogP contribution in [-0.4, -0.2) is 4.83 Å². The van der Waals surface area contributed by atoms with E-state index in [0.29, 0.717) is 0 Å². The lowest BCUT2D eigenvalue weighted by Crippen LogP contribution is -2.15. The SMILES string of the molecule is CCCC1CC2C=CC=CC2C1Br. The van der Waals surface area contributed by atoms with Crippen molar-refractivity contribution >= 4 is 15.9 Å². The van der Waals surface area contributed by atoms with Gasteiger partial charge in [-0.3, -0.25) is 0 Å². The topological polar surface area (TPSA) is 0 Å². The highest BCUT2D eigenvalue weighted by atomic mass is 79.9. The van der Waals surface area contributed by atoms with Gasteiger partial charge in [0.2, 0.25) is 0 Å². The molecule has 0 aliphatic heterocycles. The quantitative estimate of drug-likeness (QED) is 0.642. The number of alkyl halides is 1. The molecule has 4 unspecified atom stereocenters. The maximum atomic E-state index is 3.86. The first-order chi connectivity index (χ1) is 6.33.